The van der Waals surface area contributed by atoms with Crippen molar-refractivity contribution >= 4 is 0 Å². The van der Waals surface area contributed by atoms with E-state index in [4.69, 9.17) is 14.2 Å². The summed E-state index contributed by atoms with van der Waals surface area (Å²) in [6.07, 6.45) is 16.9. The van der Waals surface area contributed by atoms with Crippen LogP contribution in [0.2, 0.25) is 0 Å². The maximum atomic E-state index is 11.0. The SMILES string of the molecule is COC1O[C@@]23C=C[C@H]4[C@]1(CC[C@@]1(C)[C@H]([C@@H](C)C/C=C/C(C)(C)OC)CC[C@]41C)[C@H]2CC[C@@H](O)C3(C)C. The van der Waals surface area contributed by atoms with E-state index in [-0.39, 0.29) is 34.2 Å². The van der Waals surface area contributed by atoms with Crippen LogP contribution < -0.4 is 0 Å². The molecule has 4 fully saturated rings. The van der Waals surface area contributed by atoms with Crippen molar-refractivity contribution in [3.8, 4) is 0 Å². The number of ether oxygens (including phenoxy) is 3. The third kappa shape index (κ3) is 3.20. The average molecular weight is 501 g/mol. The summed E-state index contributed by atoms with van der Waals surface area (Å²) >= 11 is 0. The largest absolute Gasteiger partial charge is 0.392 e. The second-order valence-corrected chi connectivity index (χ2v) is 14.7. The Morgan fingerprint density at radius 1 is 1.06 bits per heavy atom. The molecule has 0 aromatic carbocycles. The summed E-state index contributed by atoms with van der Waals surface area (Å²) in [5, 5.41) is 11.0. The second kappa shape index (κ2) is 8.41. The maximum absolute atomic E-state index is 11.0. The van der Waals surface area contributed by atoms with Crippen molar-refractivity contribution in [2.45, 2.75) is 117 Å². The van der Waals surface area contributed by atoms with E-state index in [1.807, 2.05) is 7.11 Å². The van der Waals surface area contributed by atoms with Crippen LogP contribution in [-0.2, 0) is 14.2 Å². The average Bonchev–Trinajstić information content (AvgIpc) is 3.20. The molecule has 10 atom stereocenters. The van der Waals surface area contributed by atoms with Gasteiger partial charge in [0.2, 0.25) is 0 Å². The van der Waals surface area contributed by atoms with Gasteiger partial charge in [-0.25, -0.2) is 0 Å². The lowest BCUT2D eigenvalue weighted by Crippen LogP contribution is -2.65. The van der Waals surface area contributed by atoms with Crippen LogP contribution in [0.25, 0.3) is 0 Å². The summed E-state index contributed by atoms with van der Waals surface area (Å²) in [6, 6.07) is 0. The summed E-state index contributed by atoms with van der Waals surface area (Å²) in [4.78, 5) is 0. The topological polar surface area (TPSA) is 47.9 Å². The molecular weight excluding hydrogens is 448 g/mol. The molecule has 2 bridgehead atoms. The zero-order valence-electron chi connectivity index (χ0n) is 24.4. The van der Waals surface area contributed by atoms with Crippen LogP contribution in [-0.4, -0.2) is 42.9 Å². The van der Waals surface area contributed by atoms with Crippen molar-refractivity contribution in [1.29, 1.82) is 0 Å². The Kier molecular flexibility index (Phi) is 6.28. The molecule has 4 nitrogen and oxygen atoms in total. The molecule has 0 amide bonds. The van der Waals surface area contributed by atoms with Crippen molar-refractivity contribution in [2.24, 2.45) is 45.3 Å². The minimum Gasteiger partial charge on any atom is -0.392 e. The van der Waals surface area contributed by atoms with Gasteiger partial charge < -0.3 is 19.3 Å². The Morgan fingerprint density at radius 3 is 2.44 bits per heavy atom. The van der Waals surface area contributed by atoms with Gasteiger partial charge in [0.15, 0.2) is 6.29 Å². The molecular formula is C32H52O4. The maximum Gasteiger partial charge on any atom is 0.164 e. The lowest BCUT2D eigenvalue weighted by atomic mass is 9.38. The van der Waals surface area contributed by atoms with Gasteiger partial charge in [-0.2, -0.15) is 0 Å². The van der Waals surface area contributed by atoms with Gasteiger partial charge in [0.05, 0.1) is 11.7 Å². The highest BCUT2D eigenvalue weighted by atomic mass is 16.7. The first kappa shape index (κ1) is 26.9. The van der Waals surface area contributed by atoms with Crippen LogP contribution in [0.1, 0.15) is 93.4 Å². The number of hydrogen-bond acceptors (Lipinski definition) is 4. The van der Waals surface area contributed by atoms with Gasteiger partial charge in [-0.05, 0) is 87.4 Å². The first-order valence-electron chi connectivity index (χ1n) is 14.6. The molecule has 4 heteroatoms. The molecule has 1 aliphatic heterocycles. The molecule has 5 rings (SSSR count). The minimum atomic E-state index is -0.434. The quantitative estimate of drug-likeness (QED) is 0.402. The monoisotopic (exact) mass is 500 g/mol. The molecule has 1 N–H and O–H groups in total. The van der Waals surface area contributed by atoms with E-state index < -0.39 is 5.60 Å². The van der Waals surface area contributed by atoms with Crippen LogP contribution in [0.4, 0.5) is 0 Å². The smallest absolute Gasteiger partial charge is 0.164 e. The van der Waals surface area contributed by atoms with Gasteiger partial charge in [-0.1, -0.05) is 58.9 Å². The van der Waals surface area contributed by atoms with Crippen molar-refractivity contribution in [2.75, 3.05) is 14.2 Å². The molecule has 1 saturated heterocycles. The van der Waals surface area contributed by atoms with E-state index in [0.717, 1.165) is 25.7 Å². The van der Waals surface area contributed by atoms with Crippen molar-refractivity contribution < 1.29 is 19.3 Å². The molecule has 1 unspecified atom stereocenters. The number of fused-ring (bicyclic) bond motifs is 2. The van der Waals surface area contributed by atoms with Crippen molar-refractivity contribution in [3.05, 3.63) is 24.3 Å². The molecule has 0 aromatic heterocycles. The number of methoxy groups -OCH3 is 2. The van der Waals surface area contributed by atoms with Crippen LogP contribution in [0, 0.1) is 45.3 Å². The van der Waals surface area contributed by atoms with Crippen molar-refractivity contribution in [3.63, 3.8) is 0 Å². The molecule has 36 heavy (non-hydrogen) atoms. The van der Waals surface area contributed by atoms with Crippen molar-refractivity contribution in [1.82, 2.24) is 0 Å². The minimum absolute atomic E-state index is 0.00428. The second-order valence-electron chi connectivity index (χ2n) is 14.7. The summed E-state index contributed by atoms with van der Waals surface area (Å²) in [5.41, 5.74) is -0.460. The predicted octanol–water partition coefficient (Wildman–Crippen LogP) is 6.92. The van der Waals surface area contributed by atoms with E-state index in [9.17, 15) is 5.11 Å². The van der Waals surface area contributed by atoms with E-state index in [1.165, 1.54) is 19.3 Å². The lowest BCUT2D eigenvalue weighted by molar-refractivity contribution is -0.225. The van der Waals surface area contributed by atoms with Gasteiger partial charge in [0, 0.05) is 31.0 Å². The van der Waals surface area contributed by atoms with Gasteiger partial charge in [0.1, 0.15) is 5.60 Å². The number of aliphatic hydroxyl groups is 1. The number of allylic oxidation sites excluding steroid dienone is 2. The third-order valence-corrected chi connectivity index (χ3v) is 12.9. The van der Waals surface area contributed by atoms with Gasteiger partial charge >= 0.3 is 0 Å². The molecule has 4 aliphatic carbocycles. The molecule has 0 radical (unpaired) electrons. The van der Waals surface area contributed by atoms with E-state index >= 15 is 0 Å². The number of rotatable bonds is 6. The fraction of sp³-hybridized carbons (Fsp3) is 0.875. The molecule has 1 spiro atoms. The summed E-state index contributed by atoms with van der Waals surface area (Å²) < 4.78 is 18.8. The summed E-state index contributed by atoms with van der Waals surface area (Å²) in [6.45, 7) is 16.3. The summed E-state index contributed by atoms with van der Waals surface area (Å²) in [7, 11) is 3.63. The van der Waals surface area contributed by atoms with Gasteiger partial charge in [-0.3, -0.25) is 0 Å². The van der Waals surface area contributed by atoms with Gasteiger partial charge in [-0.15, -0.1) is 0 Å². The Labute approximate surface area is 220 Å². The Balaban J connectivity index is 1.49. The fourth-order valence-corrected chi connectivity index (χ4v) is 10.3. The van der Waals surface area contributed by atoms with E-state index in [0.29, 0.717) is 29.1 Å². The molecule has 3 saturated carbocycles. The van der Waals surface area contributed by atoms with Crippen LogP contribution in [0.3, 0.4) is 0 Å². The van der Waals surface area contributed by atoms with E-state index in [2.05, 4.69) is 72.8 Å². The normalized spacial score (nSPS) is 50.1. The number of hydrogen-bond donors (Lipinski definition) is 1. The third-order valence-electron chi connectivity index (χ3n) is 12.9. The predicted molar refractivity (Wildman–Crippen MR) is 144 cm³/mol. The van der Waals surface area contributed by atoms with E-state index in [1.54, 1.807) is 7.11 Å². The first-order valence-corrected chi connectivity index (χ1v) is 14.6. The standard InChI is InChI=1S/C32H52O4/c1-21(11-10-16-27(2,3)35-9)22-14-17-30(7)23-15-18-32-24(12-13-25(33)28(32,4)5)31(23,26(34-8)36-32)20-19-29(22,30)6/h10,15-16,18,21-26,33H,11-14,17,19-20H2,1-9H3/b16-10+/t21-,22-,23+,24+,25+,26?,29-,30+,31+,32-/m0/s1. The highest BCUT2D eigenvalue weighted by molar-refractivity contribution is 5.34. The Bertz CT molecular complexity index is 921. The summed E-state index contributed by atoms with van der Waals surface area (Å²) in [5.74, 6) is 2.20. The molecule has 1 heterocycles. The first-order chi connectivity index (χ1) is 16.8. The Hall–Kier alpha value is -0.680. The highest BCUT2D eigenvalue weighted by Gasteiger charge is 2.78. The van der Waals surface area contributed by atoms with Crippen LogP contribution >= 0.6 is 0 Å². The molecule has 0 aromatic rings. The zero-order valence-corrected chi connectivity index (χ0v) is 24.4. The zero-order chi connectivity index (χ0) is 26.4. The lowest BCUT2D eigenvalue weighted by Gasteiger charge is -2.65. The fourth-order valence-electron chi connectivity index (χ4n) is 10.3. The molecule has 204 valence electrons. The van der Waals surface area contributed by atoms with Gasteiger partial charge in [0.25, 0.3) is 0 Å². The van der Waals surface area contributed by atoms with Crippen LogP contribution in [0.15, 0.2) is 24.3 Å². The van der Waals surface area contributed by atoms with Crippen LogP contribution in [0.5, 0.6) is 0 Å². The highest BCUT2D eigenvalue weighted by Crippen LogP contribution is 2.78. The Morgan fingerprint density at radius 2 is 1.78 bits per heavy atom. The molecule has 5 aliphatic rings. The number of aliphatic hydroxyl groups excluding tert-OH is 1.